The number of hydrogen-bond donors (Lipinski definition) is 1. The molecule has 0 amide bonds. The molecule has 1 N–H and O–H groups in total. The lowest BCUT2D eigenvalue weighted by Gasteiger charge is -1.98. The van der Waals surface area contributed by atoms with E-state index in [1.54, 1.807) is 0 Å². The van der Waals surface area contributed by atoms with Gasteiger partial charge in [0.15, 0.2) is 5.78 Å². The van der Waals surface area contributed by atoms with Gasteiger partial charge in [0.05, 0.1) is 5.57 Å². The number of Topliss-reactive ketones (excluding diaryl/α,β-unsaturated/α-hetero) is 1. The molecule has 0 saturated heterocycles. The molecule has 0 aromatic carbocycles. The summed E-state index contributed by atoms with van der Waals surface area (Å²) in [6.07, 6.45) is 1.45. The van der Waals surface area contributed by atoms with Crippen LogP contribution in [0.2, 0.25) is 0 Å². The van der Waals surface area contributed by atoms with Gasteiger partial charge in [-0.1, -0.05) is 19.9 Å². The van der Waals surface area contributed by atoms with Crippen molar-refractivity contribution in [1.29, 1.82) is 0 Å². The lowest BCUT2D eigenvalue weighted by atomic mass is 10.1. The molecule has 62 valence electrons. The van der Waals surface area contributed by atoms with Gasteiger partial charge in [-0.25, -0.2) is 4.79 Å². The van der Waals surface area contributed by atoms with E-state index in [1.807, 2.05) is 13.8 Å². The van der Waals surface area contributed by atoms with Gasteiger partial charge >= 0.3 is 5.97 Å². The van der Waals surface area contributed by atoms with Crippen molar-refractivity contribution in [3.63, 3.8) is 0 Å². The molecular formula is C8H12O3. The number of allylic oxidation sites excluding steroid dienone is 1. The van der Waals surface area contributed by atoms with E-state index in [-0.39, 0.29) is 11.5 Å². The van der Waals surface area contributed by atoms with E-state index < -0.39 is 11.8 Å². The van der Waals surface area contributed by atoms with Gasteiger partial charge in [0.2, 0.25) is 0 Å². The van der Waals surface area contributed by atoms with E-state index in [2.05, 4.69) is 0 Å². The Bertz CT molecular complexity index is 185. The van der Waals surface area contributed by atoms with Crippen molar-refractivity contribution in [2.24, 2.45) is 5.92 Å². The molecule has 0 unspecified atom stereocenters. The molecule has 3 heteroatoms. The first-order chi connectivity index (χ1) is 4.95. The average molecular weight is 156 g/mol. The summed E-state index contributed by atoms with van der Waals surface area (Å²) in [6.45, 7) is 4.90. The Morgan fingerprint density at radius 2 is 1.82 bits per heavy atom. The Hall–Kier alpha value is -1.12. The SMILES string of the molecule is CC(=O)/C(=C/C(C)C)C(=O)O. The molecule has 0 aromatic heterocycles. The van der Waals surface area contributed by atoms with Gasteiger partial charge < -0.3 is 5.11 Å². The van der Waals surface area contributed by atoms with Gasteiger partial charge in [-0.3, -0.25) is 4.79 Å². The Morgan fingerprint density at radius 3 is 1.91 bits per heavy atom. The maximum absolute atomic E-state index is 10.7. The third-order valence-corrected chi connectivity index (χ3v) is 1.11. The van der Waals surface area contributed by atoms with Crippen LogP contribution in [0.3, 0.4) is 0 Å². The van der Waals surface area contributed by atoms with Crippen molar-refractivity contribution in [2.45, 2.75) is 20.8 Å². The smallest absolute Gasteiger partial charge is 0.338 e. The summed E-state index contributed by atoms with van der Waals surface area (Å²) in [5, 5.41) is 8.50. The van der Waals surface area contributed by atoms with Crippen molar-refractivity contribution >= 4 is 11.8 Å². The van der Waals surface area contributed by atoms with Crippen molar-refractivity contribution < 1.29 is 14.7 Å². The van der Waals surface area contributed by atoms with Crippen molar-refractivity contribution in [3.8, 4) is 0 Å². The zero-order chi connectivity index (χ0) is 9.02. The van der Waals surface area contributed by atoms with Gasteiger partial charge in [0.1, 0.15) is 0 Å². The van der Waals surface area contributed by atoms with Gasteiger partial charge in [0.25, 0.3) is 0 Å². The fourth-order valence-electron chi connectivity index (χ4n) is 0.673. The van der Waals surface area contributed by atoms with Crippen LogP contribution in [0.1, 0.15) is 20.8 Å². The van der Waals surface area contributed by atoms with E-state index in [4.69, 9.17) is 5.11 Å². The van der Waals surface area contributed by atoms with Crippen molar-refractivity contribution in [2.75, 3.05) is 0 Å². The highest BCUT2D eigenvalue weighted by Gasteiger charge is 2.12. The average Bonchev–Trinajstić information content (AvgIpc) is 1.81. The molecule has 0 atom stereocenters. The molecule has 0 heterocycles. The Labute approximate surface area is 65.7 Å². The quantitative estimate of drug-likeness (QED) is 0.380. The topological polar surface area (TPSA) is 54.4 Å². The van der Waals surface area contributed by atoms with Gasteiger partial charge in [-0.2, -0.15) is 0 Å². The third kappa shape index (κ3) is 3.55. The Morgan fingerprint density at radius 1 is 1.36 bits per heavy atom. The van der Waals surface area contributed by atoms with E-state index >= 15 is 0 Å². The van der Waals surface area contributed by atoms with Crippen LogP contribution < -0.4 is 0 Å². The number of aliphatic carboxylic acids is 1. The predicted molar refractivity (Wildman–Crippen MR) is 41.2 cm³/mol. The van der Waals surface area contributed by atoms with Gasteiger partial charge in [-0.05, 0) is 12.8 Å². The van der Waals surface area contributed by atoms with E-state index in [0.717, 1.165) is 0 Å². The molecule has 0 aliphatic carbocycles. The van der Waals surface area contributed by atoms with Crippen LogP contribution in [0.5, 0.6) is 0 Å². The minimum Gasteiger partial charge on any atom is -0.478 e. The molecule has 0 fully saturated rings. The molecule has 0 saturated carbocycles. The van der Waals surface area contributed by atoms with Crippen LogP contribution in [0.25, 0.3) is 0 Å². The number of rotatable bonds is 3. The number of ketones is 1. The van der Waals surface area contributed by atoms with Crippen LogP contribution >= 0.6 is 0 Å². The van der Waals surface area contributed by atoms with E-state index in [9.17, 15) is 9.59 Å². The van der Waals surface area contributed by atoms with Crippen LogP contribution in [0.4, 0.5) is 0 Å². The maximum Gasteiger partial charge on any atom is 0.338 e. The first-order valence-corrected chi connectivity index (χ1v) is 3.41. The van der Waals surface area contributed by atoms with Crippen LogP contribution in [-0.4, -0.2) is 16.9 Å². The van der Waals surface area contributed by atoms with Crippen molar-refractivity contribution in [1.82, 2.24) is 0 Å². The molecule has 0 rings (SSSR count). The summed E-state index contributed by atoms with van der Waals surface area (Å²) in [7, 11) is 0. The zero-order valence-electron chi connectivity index (χ0n) is 6.92. The Balaban J connectivity index is 4.60. The molecule has 0 radical (unpaired) electrons. The molecule has 3 nitrogen and oxygen atoms in total. The van der Waals surface area contributed by atoms with Crippen molar-refractivity contribution in [3.05, 3.63) is 11.6 Å². The first kappa shape index (κ1) is 9.88. The Kier molecular flexibility index (Phi) is 3.51. The fraction of sp³-hybridized carbons (Fsp3) is 0.500. The second-order valence-electron chi connectivity index (χ2n) is 2.69. The molecule has 0 aliphatic heterocycles. The summed E-state index contributed by atoms with van der Waals surface area (Å²) >= 11 is 0. The number of carboxylic acid groups (broad SMARTS) is 1. The third-order valence-electron chi connectivity index (χ3n) is 1.11. The summed E-state index contributed by atoms with van der Waals surface area (Å²) in [5.74, 6) is -1.46. The van der Waals surface area contributed by atoms with E-state index in [0.29, 0.717) is 0 Å². The number of carbonyl (C=O) groups is 2. The second-order valence-corrected chi connectivity index (χ2v) is 2.69. The summed E-state index contributed by atoms with van der Waals surface area (Å²) in [6, 6.07) is 0. The van der Waals surface area contributed by atoms with Gasteiger partial charge in [0, 0.05) is 0 Å². The monoisotopic (exact) mass is 156 g/mol. The summed E-state index contributed by atoms with van der Waals surface area (Å²) in [4.78, 5) is 21.1. The first-order valence-electron chi connectivity index (χ1n) is 3.41. The number of hydrogen-bond acceptors (Lipinski definition) is 2. The molecule has 0 bridgehead atoms. The lowest BCUT2D eigenvalue weighted by Crippen LogP contribution is -2.09. The number of carboxylic acids is 1. The standard InChI is InChI=1S/C8H12O3/c1-5(2)4-7(6(3)9)8(10)11/h4-5H,1-3H3,(H,10,11)/b7-4-. The summed E-state index contributed by atoms with van der Waals surface area (Å²) in [5.41, 5.74) is -0.125. The molecule has 11 heavy (non-hydrogen) atoms. The molecular weight excluding hydrogens is 144 g/mol. The van der Waals surface area contributed by atoms with Crippen LogP contribution in [0.15, 0.2) is 11.6 Å². The van der Waals surface area contributed by atoms with Crippen LogP contribution in [0, 0.1) is 5.92 Å². The molecule has 0 aliphatic rings. The second kappa shape index (κ2) is 3.91. The highest BCUT2D eigenvalue weighted by Crippen LogP contribution is 2.03. The highest BCUT2D eigenvalue weighted by molar-refractivity contribution is 6.15. The minimum atomic E-state index is -1.15. The predicted octanol–water partition coefficient (Wildman–Crippen LogP) is 1.24. The fourth-order valence-corrected chi connectivity index (χ4v) is 0.673. The number of carbonyl (C=O) groups excluding carboxylic acids is 1. The highest BCUT2D eigenvalue weighted by atomic mass is 16.4. The molecule has 0 aromatic rings. The van der Waals surface area contributed by atoms with Gasteiger partial charge in [-0.15, -0.1) is 0 Å². The van der Waals surface area contributed by atoms with Crippen LogP contribution in [-0.2, 0) is 9.59 Å². The summed E-state index contributed by atoms with van der Waals surface area (Å²) < 4.78 is 0. The maximum atomic E-state index is 10.7. The van der Waals surface area contributed by atoms with E-state index in [1.165, 1.54) is 13.0 Å². The largest absolute Gasteiger partial charge is 0.478 e. The minimum absolute atomic E-state index is 0.0880. The lowest BCUT2D eigenvalue weighted by molar-refractivity contribution is -0.134. The molecule has 0 spiro atoms. The normalized spacial score (nSPS) is 11.8. The zero-order valence-corrected chi connectivity index (χ0v) is 6.92.